The van der Waals surface area contributed by atoms with Crippen LogP contribution in [0.25, 0.3) is 0 Å². The molecule has 2 heteroatoms. The quantitative estimate of drug-likeness (QED) is 0.790. The summed E-state index contributed by atoms with van der Waals surface area (Å²) in [5, 5.41) is 3.81. The lowest BCUT2D eigenvalue weighted by Crippen LogP contribution is -2.39. The van der Waals surface area contributed by atoms with Gasteiger partial charge in [-0.15, -0.1) is 0 Å². The molecule has 1 aliphatic carbocycles. The predicted octanol–water partition coefficient (Wildman–Crippen LogP) is 2.64. The monoisotopic (exact) mass is 224 g/mol. The first-order valence-corrected chi connectivity index (χ1v) is 7.06. The minimum atomic E-state index is 0.602. The van der Waals surface area contributed by atoms with Crippen LogP contribution in [-0.4, -0.2) is 36.6 Å². The maximum Gasteiger partial charge on any atom is 0.0207 e. The van der Waals surface area contributed by atoms with E-state index < -0.39 is 0 Å². The van der Waals surface area contributed by atoms with E-state index in [1.807, 2.05) is 0 Å². The Morgan fingerprint density at radius 1 is 1.31 bits per heavy atom. The standard InChI is InChI=1S/C14H28N2/c1-12(2)16-9-6-13(10-16)15-11-14(3)7-4-5-8-14/h12-13,15H,4-11H2,1-3H3. The third-order valence-corrected chi connectivity index (χ3v) is 4.58. The van der Waals surface area contributed by atoms with E-state index in [9.17, 15) is 0 Å². The molecular weight excluding hydrogens is 196 g/mol. The van der Waals surface area contributed by atoms with Crippen molar-refractivity contribution in [2.45, 2.75) is 65.0 Å². The summed E-state index contributed by atoms with van der Waals surface area (Å²) >= 11 is 0. The van der Waals surface area contributed by atoms with Crippen molar-refractivity contribution in [1.82, 2.24) is 10.2 Å². The highest BCUT2D eigenvalue weighted by Gasteiger charge is 2.30. The van der Waals surface area contributed by atoms with Crippen molar-refractivity contribution in [3.63, 3.8) is 0 Å². The molecule has 94 valence electrons. The number of rotatable bonds is 4. The van der Waals surface area contributed by atoms with Gasteiger partial charge in [0.05, 0.1) is 0 Å². The molecule has 2 rings (SSSR count). The fraction of sp³-hybridized carbons (Fsp3) is 1.00. The Bertz CT molecular complexity index is 219. The second-order valence-electron chi connectivity index (χ2n) is 6.47. The molecule has 1 saturated carbocycles. The van der Waals surface area contributed by atoms with E-state index in [0.29, 0.717) is 11.5 Å². The molecule has 1 atom stereocenters. The highest BCUT2D eigenvalue weighted by molar-refractivity contribution is 4.87. The van der Waals surface area contributed by atoms with Gasteiger partial charge in [-0.1, -0.05) is 19.8 Å². The van der Waals surface area contributed by atoms with Gasteiger partial charge in [-0.2, -0.15) is 0 Å². The highest BCUT2D eigenvalue weighted by Crippen LogP contribution is 2.36. The fourth-order valence-electron chi connectivity index (χ4n) is 3.22. The molecule has 1 heterocycles. The van der Waals surface area contributed by atoms with Crippen LogP contribution in [0.2, 0.25) is 0 Å². The van der Waals surface area contributed by atoms with Gasteiger partial charge in [0.25, 0.3) is 0 Å². The van der Waals surface area contributed by atoms with E-state index >= 15 is 0 Å². The predicted molar refractivity (Wildman–Crippen MR) is 69.7 cm³/mol. The van der Waals surface area contributed by atoms with E-state index in [2.05, 4.69) is 31.0 Å². The average Bonchev–Trinajstić information content (AvgIpc) is 2.84. The minimum absolute atomic E-state index is 0.602. The first-order valence-electron chi connectivity index (χ1n) is 7.06. The van der Waals surface area contributed by atoms with E-state index in [1.165, 1.54) is 51.7 Å². The van der Waals surface area contributed by atoms with Gasteiger partial charge in [-0.25, -0.2) is 0 Å². The van der Waals surface area contributed by atoms with Gasteiger partial charge < -0.3 is 5.32 Å². The van der Waals surface area contributed by atoms with Crippen LogP contribution in [0.15, 0.2) is 0 Å². The van der Waals surface area contributed by atoms with Crippen LogP contribution in [0.1, 0.15) is 52.9 Å². The summed E-state index contributed by atoms with van der Waals surface area (Å²) in [4.78, 5) is 2.59. The molecule has 1 saturated heterocycles. The number of hydrogen-bond acceptors (Lipinski definition) is 2. The smallest absolute Gasteiger partial charge is 0.0207 e. The van der Waals surface area contributed by atoms with Crippen molar-refractivity contribution in [3.8, 4) is 0 Å². The van der Waals surface area contributed by atoms with Crippen molar-refractivity contribution in [3.05, 3.63) is 0 Å². The Labute approximate surface area is 101 Å². The van der Waals surface area contributed by atoms with Crippen LogP contribution in [0.4, 0.5) is 0 Å². The Balaban J connectivity index is 1.71. The van der Waals surface area contributed by atoms with Crippen LogP contribution in [0.3, 0.4) is 0 Å². The summed E-state index contributed by atoms with van der Waals surface area (Å²) in [5.74, 6) is 0. The molecule has 0 aromatic rings. The van der Waals surface area contributed by atoms with Gasteiger partial charge in [0.15, 0.2) is 0 Å². The Hall–Kier alpha value is -0.0800. The van der Waals surface area contributed by atoms with Gasteiger partial charge in [-0.3, -0.25) is 4.90 Å². The van der Waals surface area contributed by atoms with E-state index in [0.717, 1.165) is 6.04 Å². The molecule has 2 fully saturated rings. The lowest BCUT2D eigenvalue weighted by atomic mass is 9.88. The van der Waals surface area contributed by atoms with Crippen molar-refractivity contribution < 1.29 is 0 Å². The zero-order valence-corrected chi connectivity index (χ0v) is 11.3. The third-order valence-electron chi connectivity index (χ3n) is 4.58. The molecule has 0 amide bonds. The minimum Gasteiger partial charge on any atom is -0.312 e. The van der Waals surface area contributed by atoms with Crippen molar-refractivity contribution in [2.75, 3.05) is 19.6 Å². The SMILES string of the molecule is CC(C)N1CCC(NCC2(C)CCCC2)C1. The Kier molecular flexibility index (Phi) is 3.91. The zero-order chi connectivity index (χ0) is 11.6. The summed E-state index contributed by atoms with van der Waals surface area (Å²) in [6, 6.07) is 1.47. The molecule has 0 radical (unpaired) electrons. The largest absolute Gasteiger partial charge is 0.312 e. The lowest BCUT2D eigenvalue weighted by Gasteiger charge is -2.27. The van der Waals surface area contributed by atoms with Crippen LogP contribution in [0.5, 0.6) is 0 Å². The highest BCUT2D eigenvalue weighted by atomic mass is 15.2. The van der Waals surface area contributed by atoms with Crippen molar-refractivity contribution >= 4 is 0 Å². The summed E-state index contributed by atoms with van der Waals surface area (Å²) in [5.41, 5.74) is 0.602. The summed E-state index contributed by atoms with van der Waals surface area (Å²) in [6.45, 7) is 10.9. The van der Waals surface area contributed by atoms with Gasteiger partial charge in [-0.05, 0) is 45.1 Å². The number of likely N-dealkylation sites (tertiary alicyclic amines) is 1. The molecule has 0 spiro atoms. The van der Waals surface area contributed by atoms with Crippen LogP contribution in [0, 0.1) is 5.41 Å². The summed E-state index contributed by atoms with van der Waals surface area (Å²) < 4.78 is 0. The Morgan fingerprint density at radius 3 is 2.56 bits per heavy atom. The molecule has 2 nitrogen and oxygen atoms in total. The van der Waals surface area contributed by atoms with Crippen LogP contribution >= 0.6 is 0 Å². The second-order valence-corrected chi connectivity index (χ2v) is 6.47. The first kappa shape index (κ1) is 12.4. The number of nitrogens with zero attached hydrogens (tertiary/aromatic N) is 1. The van der Waals surface area contributed by atoms with Gasteiger partial charge in [0, 0.05) is 25.2 Å². The first-order chi connectivity index (χ1) is 7.59. The molecule has 0 aromatic heterocycles. The molecule has 1 unspecified atom stereocenters. The molecule has 0 bridgehead atoms. The third kappa shape index (κ3) is 2.98. The van der Waals surface area contributed by atoms with Gasteiger partial charge in [0.1, 0.15) is 0 Å². The molecule has 2 aliphatic rings. The van der Waals surface area contributed by atoms with E-state index in [4.69, 9.17) is 0 Å². The molecular formula is C14H28N2. The van der Waals surface area contributed by atoms with E-state index in [1.54, 1.807) is 0 Å². The van der Waals surface area contributed by atoms with Crippen molar-refractivity contribution in [2.24, 2.45) is 5.41 Å². The number of hydrogen-bond donors (Lipinski definition) is 1. The van der Waals surface area contributed by atoms with Gasteiger partial charge in [0.2, 0.25) is 0 Å². The van der Waals surface area contributed by atoms with Crippen LogP contribution in [-0.2, 0) is 0 Å². The topological polar surface area (TPSA) is 15.3 Å². The maximum absolute atomic E-state index is 3.81. The summed E-state index contributed by atoms with van der Waals surface area (Å²) in [6.07, 6.45) is 7.09. The van der Waals surface area contributed by atoms with Crippen LogP contribution < -0.4 is 5.32 Å². The average molecular weight is 224 g/mol. The summed E-state index contributed by atoms with van der Waals surface area (Å²) in [7, 11) is 0. The molecule has 0 aromatic carbocycles. The zero-order valence-electron chi connectivity index (χ0n) is 11.3. The number of nitrogens with one attached hydrogen (secondary N) is 1. The molecule has 1 aliphatic heterocycles. The second kappa shape index (κ2) is 5.05. The Morgan fingerprint density at radius 2 is 2.00 bits per heavy atom. The van der Waals surface area contributed by atoms with Gasteiger partial charge >= 0.3 is 0 Å². The lowest BCUT2D eigenvalue weighted by molar-refractivity contribution is 0.257. The fourth-order valence-corrected chi connectivity index (χ4v) is 3.22. The van der Waals surface area contributed by atoms with E-state index in [-0.39, 0.29) is 0 Å². The molecule has 1 N–H and O–H groups in total. The normalized spacial score (nSPS) is 30.4. The maximum atomic E-state index is 3.81. The molecule has 16 heavy (non-hydrogen) atoms. The van der Waals surface area contributed by atoms with Crippen molar-refractivity contribution in [1.29, 1.82) is 0 Å².